The van der Waals surface area contributed by atoms with Crippen LogP contribution in [0.3, 0.4) is 0 Å². The third-order valence-corrected chi connectivity index (χ3v) is 4.67. The van der Waals surface area contributed by atoms with Crippen LogP contribution in [0.25, 0.3) is 22.2 Å². The summed E-state index contributed by atoms with van der Waals surface area (Å²) >= 11 is 0. The van der Waals surface area contributed by atoms with Crippen molar-refractivity contribution in [1.82, 2.24) is 9.97 Å². The molecule has 0 saturated carbocycles. The van der Waals surface area contributed by atoms with E-state index in [4.69, 9.17) is 19.2 Å². The van der Waals surface area contributed by atoms with Crippen molar-refractivity contribution in [2.75, 3.05) is 0 Å². The van der Waals surface area contributed by atoms with E-state index >= 15 is 0 Å². The fourth-order valence-electron chi connectivity index (χ4n) is 3.27. The largest absolute Gasteiger partial charge is 0.455 e. The zero-order valence-electron chi connectivity index (χ0n) is 15.6. The monoisotopic (exact) mass is 382 g/mol. The maximum atomic E-state index is 6.08. The molecule has 1 aliphatic heterocycles. The lowest BCUT2D eigenvalue weighted by Crippen LogP contribution is -2.13. The van der Waals surface area contributed by atoms with E-state index in [2.05, 4.69) is 4.98 Å². The van der Waals surface area contributed by atoms with Gasteiger partial charge in [-0.25, -0.2) is 4.98 Å². The SMILES string of the molecule is C1=C(Oc2cc(-c3ccncc3)nc3ccccc23)OC(Cc2ccccc2)O1. The zero-order chi connectivity index (χ0) is 19.5. The highest BCUT2D eigenvalue weighted by Crippen LogP contribution is 2.32. The van der Waals surface area contributed by atoms with Gasteiger partial charge in [0.05, 0.1) is 11.2 Å². The fraction of sp³-hybridized carbons (Fsp3) is 0.0833. The highest BCUT2D eigenvalue weighted by Gasteiger charge is 2.22. The molecule has 0 bridgehead atoms. The number of fused-ring (bicyclic) bond motifs is 1. The number of ether oxygens (including phenoxy) is 3. The Morgan fingerprint density at radius 1 is 0.897 bits per heavy atom. The minimum absolute atomic E-state index is 0.336. The van der Waals surface area contributed by atoms with Gasteiger partial charge in [0.15, 0.2) is 6.26 Å². The van der Waals surface area contributed by atoms with Crippen molar-refractivity contribution in [1.29, 1.82) is 0 Å². The van der Waals surface area contributed by atoms with Crippen LogP contribution in [0.1, 0.15) is 5.56 Å². The Labute approximate surface area is 168 Å². The standard InChI is InChI=1S/C24H18N2O3/c1-2-6-17(7-3-1)14-23-27-16-24(29-23)28-22-15-21(18-10-12-25-13-11-18)26-20-9-5-4-8-19(20)22/h1-13,15-16,23H,14H2. The lowest BCUT2D eigenvalue weighted by Gasteiger charge is -2.13. The van der Waals surface area contributed by atoms with Crippen molar-refractivity contribution in [3.05, 3.63) is 103 Å². The van der Waals surface area contributed by atoms with E-state index in [0.29, 0.717) is 18.1 Å². The first-order valence-corrected chi connectivity index (χ1v) is 9.39. The molecule has 2 aromatic heterocycles. The quantitative estimate of drug-likeness (QED) is 0.481. The van der Waals surface area contributed by atoms with Gasteiger partial charge < -0.3 is 14.2 Å². The minimum atomic E-state index is -0.403. The highest BCUT2D eigenvalue weighted by molar-refractivity contribution is 5.88. The average Bonchev–Trinajstić information content (AvgIpc) is 3.21. The molecule has 2 aromatic carbocycles. The van der Waals surface area contributed by atoms with E-state index in [1.807, 2.05) is 72.8 Å². The van der Waals surface area contributed by atoms with E-state index < -0.39 is 6.29 Å². The lowest BCUT2D eigenvalue weighted by atomic mass is 10.1. The molecule has 0 fully saturated rings. The summed E-state index contributed by atoms with van der Waals surface area (Å²) in [5.41, 5.74) is 3.76. The molecule has 0 N–H and O–H groups in total. The van der Waals surface area contributed by atoms with Gasteiger partial charge in [-0.2, -0.15) is 0 Å². The summed E-state index contributed by atoms with van der Waals surface area (Å²) in [5, 5.41) is 0.904. The van der Waals surface area contributed by atoms with Crippen LogP contribution in [-0.4, -0.2) is 16.3 Å². The molecule has 4 aromatic rings. The van der Waals surface area contributed by atoms with Gasteiger partial charge in [-0.15, -0.1) is 0 Å². The van der Waals surface area contributed by atoms with Crippen LogP contribution in [0.4, 0.5) is 0 Å². The first-order chi connectivity index (χ1) is 14.3. The van der Waals surface area contributed by atoms with Crippen LogP contribution in [0.2, 0.25) is 0 Å². The van der Waals surface area contributed by atoms with Crippen molar-refractivity contribution in [2.24, 2.45) is 0 Å². The van der Waals surface area contributed by atoms with Crippen LogP contribution < -0.4 is 4.74 Å². The number of pyridine rings is 2. The van der Waals surface area contributed by atoms with Crippen LogP contribution in [0, 0.1) is 0 Å². The van der Waals surface area contributed by atoms with Crippen molar-refractivity contribution < 1.29 is 14.2 Å². The van der Waals surface area contributed by atoms with Crippen molar-refractivity contribution in [3.63, 3.8) is 0 Å². The number of benzene rings is 2. The Hall–Kier alpha value is -3.86. The Kier molecular flexibility index (Phi) is 4.54. The van der Waals surface area contributed by atoms with Gasteiger partial charge in [-0.05, 0) is 29.8 Å². The number of rotatable bonds is 5. The van der Waals surface area contributed by atoms with E-state index in [0.717, 1.165) is 27.7 Å². The van der Waals surface area contributed by atoms with Crippen LogP contribution in [0.15, 0.2) is 97.4 Å². The molecule has 0 aliphatic carbocycles. The molecule has 0 spiro atoms. The van der Waals surface area contributed by atoms with Gasteiger partial charge in [0.2, 0.25) is 6.29 Å². The van der Waals surface area contributed by atoms with Crippen LogP contribution >= 0.6 is 0 Å². The van der Waals surface area contributed by atoms with Gasteiger partial charge in [0.1, 0.15) is 5.75 Å². The second kappa shape index (κ2) is 7.64. The Bertz CT molecular complexity index is 1160. The summed E-state index contributed by atoms with van der Waals surface area (Å²) in [6.45, 7) is 0. The zero-order valence-corrected chi connectivity index (χ0v) is 15.6. The molecule has 0 amide bonds. The Balaban J connectivity index is 1.40. The summed E-state index contributed by atoms with van der Waals surface area (Å²) < 4.78 is 17.6. The molecule has 0 saturated heterocycles. The summed E-state index contributed by atoms with van der Waals surface area (Å²) in [4.78, 5) is 8.83. The first-order valence-electron chi connectivity index (χ1n) is 9.39. The van der Waals surface area contributed by atoms with E-state index in [-0.39, 0.29) is 0 Å². The maximum absolute atomic E-state index is 6.08. The molecule has 1 aliphatic rings. The number of para-hydroxylation sites is 1. The Morgan fingerprint density at radius 3 is 2.55 bits per heavy atom. The molecular formula is C24H18N2O3. The van der Waals surface area contributed by atoms with Crippen molar-refractivity contribution in [3.8, 4) is 17.0 Å². The molecule has 5 heteroatoms. The molecular weight excluding hydrogens is 364 g/mol. The van der Waals surface area contributed by atoms with E-state index in [9.17, 15) is 0 Å². The summed E-state index contributed by atoms with van der Waals surface area (Å²) in [5.74, 6) is 1.00. The average molecular weight is 382 g/mol. The number of hydrogen-bond donors (Lipinski definition) is 0. The summed E-state index contributed by atoms with van der Waals surface area (Å²) in [6.07, 6.45) is 5.26. The predicted octanol–water partition coefficient (Wildman–Crippen LogP) is 5.09. The number of aromatic nitrogens is 2. The smallest absolute Gasteiger partial charge is 0.324 e. The van der Waals surface area contributed by atoms with Gasteiger partial charge >= 0.3 is 5.95 Å². The first kappa shape index (κ1) is 17.3. The predicted molar refractivity (Wildman–Crippen MR) is 110 cm³/mol. The van der Waals surface area contributed by atoms with E-state index in [1.54, 1.807) is 12.4 Å². The molecule has 5 nitrogen and oxygen atoms in total. The molecule has 1 unspecified atom stereocenters. The second-order valence-corrected chi connectivity index (χ2v) is 6.67. The summed E-state index contributed by atoms with van der Waals surface area (Å²) in [7, 11) is 0. The number of nitrogens with zero attached hydrogens (tertiary/aromatic N) is 2. The topological polar surface area (TPSA) is 53.5 Å². The molecule has 142 valence electrons. The normalized spacial score (nSPS) is 15.4. The molecule has 29 heavy (non-hydrogen) atoms. The second-order valence-electron chi connectivity index (χ2n) is 6.67. The van der Waals surface area contributed by atoms with Gasteiger partial charge in [-0.1, -0.05) is 42.5 Å². The van der Waals surface area contributed by atoms with Gasteiger partial charge in [0.25, 0.3) is 0 Å². The van der Waals surface area contributed by atoms with E-state index in [1.165, 1.54) is 6.26 Å². The van der Waals surface area contributed by atoms with Gasteiger partial charge in [-0.3, -0.25) is 4.98 Å². The molecule has 3 heterocycles. The molecule has 5 rings (SSSR count). The molecule has 0 radical (unpaired) electrons. The maximum Gasteiger partial charge on any atom is 0.324 e. The third-order valence-electron chi connectivity index (χ3n) is 4.67. The highest BCUT2D eigenvalue weighted by atomic mass is 16.8. The van der Waals surface area contributed by atoms with Crippen LogP contribution in [0.5, 0.6) is 5.75 Å². The summed E-state index contributed by atoms with van der Waals surface area (Å²) in [6, 6.07) is 23.7. The third kappa shape index (κ3) is 3.75. The van der Waals surface area contributed by atoms with Crippen molar-refractivity contribution >= 4 is 10.9 Å². The van der Waals surface area contributed by atoms with Crippen molar-refractivity contribution in [2.45, 2.75) is 12.7 Å². The number of hydrogen-bond acceptors (Lipinski definition) is 5. The minimum Gasteiger partial charge on any atom is -0.455 e. The lowest BCUT2D eigenvalue weighted by molar-refractivity contribution is -0.0518. The molecule has 1 atom stereocenters. The van der Waals surface area contributed by atoms with Crippen LogP contribution in [-0.2, 0) is 15.9 Å². The van der Waals surface area contributed by atoms with Gasteiger partial charge in [0, 0.05) is 35.8 Å². The Morgan fingerprint density at radius 2 is 1.69 bits per heavy atom. The fourth-order valence-corrected chi connectivity index (χ4v) is 3.27.